The van der Waals surface area contributed by atoms with Crippen molar-refractivity contribution in [3.05, 3.63) is 54.1 Å². The summed E-state index contributed by atoms with van der Waals surface area (Å²) in [5.74, 6) is 2.79. The van der Waals surface area contributed by atoms with Crippen LogP contribution in [-0.4, -0.2) is 31.5 Å². The van der Waals surface area contributed by atoms with Crippen LogP contribution >= 0.6 is 0 Å². The molecule has 136 valence electrons. The van der Waals surface area contributed by atoms with E-state index < -0.39 is 0 Å². The smallest absolute Gasteiger partial charge is 0.231 e. The van der Waals surface area contributed by atoms with Gasteiger partial charge in [0.25, 0.3) is 0 Å². The SMILES string of the molecule is C[C@@H](Cc1ccc2c(c1)OCO2)c1nc2c([nH]1)c(-c1cccnc1)nn2C. The summed E-state index contributed by atoms with van der Waals surface area (Å²) in [7, 11) is 1.91. The summed E-state index contributed by atoms with van der Waals surface area (Å²) in [6.45, 7) is 2.46. The molecule has 7 nitrogen and oxygen atoms in total. The topological polar surface area (TPSA) is 77.8 Å². The summed E-state index contributed by atoms with van der Waals surface area (Å²) in [4.78, 5) is 12.5. The Bertz CT molecular complexity index is 1120. The Hall–Kier alpha value is -3.35. The molecule has 0 saturated heterocycles. The van der Waals surface area contributed by atoms with Crippen LogP contribution in [0.4, 0.5) is 0 Å². The lowest BCUT2D eigenvalue weighted by Crippen LogP contribution is -2.02. The number of aromatic amines is 1. The van der Waals surface area contributed by atoms with Gasteiger partial charge in [0.05, 0.1) is 0 Å². The molecule has 1 aliphatic rings. The van der Waals surface area contributed by atoms with E-state index in [2.05, 4.69) is 28.1 Å². The zero-order chi connectivity index (χ0) is 18.4. The molecule has 4 aromatic rings. The molecule has 3 aromatic heterocycles. The second-order valence-electron chi connectivity index (χ2n) is 6.83. The van der Waals surface area contributed by atoms with Crippen LogP contribution in [0.5, 0.6) is 11.5 Å². The van der Waals surface area contributed by atoms with Gasteiger partial charge in [0.1, 0.15) is 17.0 Å². The fourth-order valence-corrected chi connectivity index (χ4v) is 3.48. The number of rotatable bonds is 4. The number of fused-ring (bicyclic) bond motifs is 2. The van der Waals surface area contributed by atoms with Gasteiger partial charge in [-0.05, 0) is 36.2 Å². The Morgan fingerprint density at radius 3 is 2.96 bits per heavy atom. The minimum atomic E-state index is 0.222. The van der Waals surface area contributed by atoms with Crippen molar-refractivity contribution in [2.75, 3.05) is 6.79 Å². The van der Waals surface area contributed by atoms with Crippen molar-refractivity contribution >= 4 is 11.2 Å². The molecule has 0 fully saturated rings. The number of H-pyrrole nitrogens is 1. The van der Waals surface area contributed by atoms with Gasteiger partial charge in [-0.15, -0.1) is 0 Å². The van der Waals surface area contributed by atoms with Gasteiger partial charge < -0.3 is 14.5 Å². The summed E-state index contributed by atoms with van der Waals surface area (Å²) < 4.78 is 12.7. The van der Waals surface area contributed by atoms with Gasteiger partial charge in [-0.25, -0.2) is 9.67 Å². The van der Waals surface area contributed by atoms with E-state index in [1.165, 1.54) is 5.56 Å². The molecule has 0 spiro atoms. The first-order valence-corrected chi connectivity index (χ1v) is 8.90. The van der Waals surface area contributed by atoms with Crippen LogP contribution in [0, 0.1) is 0 Å². The number of hydrogen-bond acceptors (Lipinski definition) is 5. The van der Waals surface area contributed by atoms with Gasteiger partial charge >= 0.3 is 0 Å². The van der Waals surface area contributed by atoms with Crippen LogP contribution < -0.4 is 9.47 Å². The summed E-state index contributed by atoms with van der Waals surface area (Å²) in [5, 5.41) is 4.60. The molecule has 1 aliphatic heterocycles. The molecule has 0 unspecified atom stereocenters. The third-order valence-electron chi connectivity index (χ3n) is 4.88. The predicted octanol–water partition coefficient (Wildman–Crippen LogP) is 3.43. The van der Waals surface area contributed by atoms with Gasteiger partial charge in [0.2, 0.25) is 6.79 Å². The number of aromatic nitrogens is 5. The van der Waals surface area contributed by atoms with Crippen molar-refractivity contribution in [1.82, 2.24) is 24.7 Å². The maximum absolute atomic E-state index is 5.48. The molecule has 5 rings (SSSR count). The molecule has 0 amide bonds. The maximum Gasteiger partial charge on any atom is 0.231 e. The van der Waals surface area contributed by atoms with E-state index in [4.69, 9.17) is 14.5 Å². The van der Waals surface area contributed by atoms with Gasteiger partial charge in [-0.3, -0.25) is 4.98 Å². The highest BCUT2D eigenvalue weighted by Gasteiger charge is 2.20. The lowest BCUT2D eigenvalue weighted by molar-refractivity contribution is 0.174. The Balaban J connectivity index is 1.46. The van der Waals surface area contributed by atoms with Crippen LogP contribution in [-0.2, 0) is 13.5 Å². The van der Waals surface area contributed by atoms with E-state index in [1.54, 1.807) is 6.20 Å². The van der Waals surface area contributed by atoms with Crippen LogP contribution in [0.2, 0.25) is 0 Å². The lowest BCUT2D eigenvalue weighted by Gasteiger charge is -2.09. The second kappa shape index (κ2) is 6.12. The predicted molar refractivity (Wildman–Crippen MR) is 101 cm³/mol. The molecular weight excluding hydrogens is 342 g/mol. The summed E-state index contributed by atoms with van der Waals surface area (Å²) in [6, 6.07) is 10.0. The third kappa shape index (κ3) is 2.71. The monoisotopic (exact) mass is 361 g/mol. The molecule has 0 radical (unpaired) electrons. The Morgan fingerprint density at radius 2 is 2.11 bits per heavy atom. The van der Waals surface area contributed by atoms with Gasteiger partial charge in [-0.2, -0.15) is 5.10 Å². The molecule has 7 heteroatoms. The first-order chi connectivity index (χ1) is 13.2. The fraction of sp³-hybridized carbons (Fsp3) is 0.250. The number of nitrogens with one attached hydrogen (secondary N) is 1. The third-order valence-corrected chi connectivity index (χ3v) is 4.88. The normalized spacial score (nSPS) is 14.0. The Labute approximate surface area is 156 Å². The van der Waals surface area contributed by atoms with E-state index >= 15 is 0 Å². The molecule has 0 bridgehead atoms. The molecule has 1 aromatic carbocycles. The van der Waals surface area contributed by atoms with E-state index in [-0.39, 0.29) is 5.92 Å². The molecular formula is C20H19N5O2. The van der Waals surface area contributed by atoms with Crippen molar-refractivity contribution in [3.8, 4) is 22.8 Å². The number of aryl methyl sites for hydroxylation is 1. The molecule has 0 saturated carbocycles. The largest absolute Gasteiger partial charge is 0.454 e. The van der Waals surface area contributed by atoms with Gasteiger partial charge in [0, 0.05) is 30.9 Å². The molecule has 1 atom stereocenters. The first kappa shape index (κ1) is 15.9. The lowest BCUT2D eigenvalue weighted by atomic mass is 10.0. The highest BCUT2D eigenvalue weighted by atomic mass is 16.7. The number of benzene rings is 1. The van der Waals surface area contributed by atoms with Crippen LogP contribution in [0.25, 0.3) is 22.4 Å². The Kier molecular flexibility index (Phi) is 3.60. The number of imidazole rings is 1. The van der Waals surface area contributed by atoms with Crippen LogP contribution in [0.15, 0.2) is 42.7 Å². The van der Waals surface area contributed by atoms with Crippen molar-refractivity contribution in [3.63, 3.8) is 0 Å². The summed E-state index contributed by atoms with van der Waals surface area (Å²) in [6.07, 6.45) is 4.43. The molecule has 1 N–H and O–H groups in total. The average Bonchev–Trinajstić information content (AvgIpc) is 3.38. The quantitative estimate of drug-likeness (QED) is 0.602. The molecule has 0 aliphatic carbocycles. The van der Waals surface area contributed by atoms with Gasteiger partial charge in [-0.1, -0.05) is 13.0 Å². The van der Waals surface area contributed by atoms with Crippen molar-refractivity contribution < 1.29 is 9.47 Å². The number of pyridine rings is 1. The summed E-state index contributed by atoms with van der Waals surface area (Å²) >= 11 is 0. The average molecular weight is 361 g/mol. The zero-order valence-corrected chi connectivity index (χ0v) is 15.1. The van der Waals surface area contributed by atoms with E-state index in [0.29, 0.717) is 6.79 Å². The number of hydrogen-bond donors (Lipinski definition) is 1. The second-order valence-corrected chi connectivity index (χ2v) is 6.83. The molecule has 4 heterocycles. The standard InChI is InChI=1S/C20H19N5O2/c1-12(8-13-5-6-15-16(9-13)27-11-26-15)19-22-18-17(14-4-3-7-21-10-14)24-25(2)20(18)23-19/h3-7,9-10,12H,8,11H2,1-2H3,(H,22,23)/t12-/m0/s1. The van der Waals surface area contributed by atoms with Crippen molar-refractivity contribution in [2.24, 2.45) is 7.05 Å². The maximum atomic E-state index is 5.48. The highest BCUT2D eigenvalue weighted by Crippen LogP contribution is 2.34. The Morgan fingerprint density at radius 1 is 1.22 bits per heavy atom. The minimum Gasteiger partial charge on any atom is -0.454 e. The zero-order valence-electron chi connectivity index (χ0n) is 15.1. The van der Waals surface area contributed by atoms with E-state index in [0.717, 1.165) is 46.2 Å². The van der Waals surface area contributed by atoms with E-state index in [9.17, 15) is 0 Å². The van der Waals surface area contributed by atoms with Crippen LogP contribution in [0.3, 0.4) is 0 Å². The highest BCUT2D eigenvalue weighted by molar-refractivity contribution is 5.88. The van der Waals surface area contributed by atoms with Gasteiger partial charge in [0.15, 0.2) is 17.1 Å². The molecule has 27 heavy (non-hydrogen) atoms. The summed E-state index contributed by atoms with van der Waals surface area (Å²) in [5.41, 5.74) is 4.83. The minimum absolute atomic E-state index is 0.222. The van der Waals surface area contributed by atoms with Crippen molar-refractivity contribution in [2.45, 2.75) is 19.3 Å². The fourth-order valence-electron chi connectivity index (χ4n) is 3.48. The first-order valence-electron chi connectivity index (χ1n) is 8.90. The van der Waals surface area contributed by atoms with Crippen LogP contribution in [0.1, 0.15) is 24.2 Å². The number of nitrogens with zero attached hydrogens (tertiary/aromatic N) is 4. The van der Waals surface area contributed by atoms with Crippen molar-refractivity contribution in [1.29, 1.82) is 0 Å². The number of ether oxygens (including phenoxy) is 2. The van der Waals surface area contributed by atoms with E-state index in [1.807, 2.05) is 42.2 Å².